The van der Waals surface area contributed by atoms with Crippen LogP contribution in [0.25, 0.3) is 5.69 Å². The zero-order valence-electron chi connectivity index (χ0n) is 17.1. The molecule has 0 saturated heterocycles. The van der Waals surface area contributed by atoms with Crippen molar-refractivity contribution in [2.24, 2.45) is 0 Å². The van der Waals surface area contributed by atoms with Crippen LogP contribution < -0.4 is 10.1 Å². The molecule has 0 saturated carbocycles. The lowest BCUT2D eigenvalue weighted by atomic mass is 10.1. The number of imidazole rings is 1. The maximum atomic E-state index is 12.4. The molecular formula is C23H21N5O2S. The van der Waals surface area contributed by atoms with Crippen LogP contribution in [0.15, 0.2) is 78.5 Å². The summed E-state index contributed by atoms with van der Waals surface area (Å²) >= 11 is 1.39. The first-order valence-electron chi connectivity index (χ1n) is 9.67. The van der Waals surface area contributed by atoms with Gasteiger partial charge in [-0.25, -0.2) is 15.0 Å². The first kappa shape index (κ1) is 20.6. The predicted molar refractivity (Wildman–Crippen MR) is 121 cm³/mol. The topological polar surface area (TPSA) is 81.9 Å². The molecule has 31 heavy (non-hydrogen) atoms. The molecule has 1 amide bonds. The summed E-state index contributed by atoms with van der Waals surface area (Å²) in [5.74, 6) is 0.729. The van der Waals surface area contributed by atoms with Gasteiger partial charge in [-0.3, -0.25) is 9.36 Å². The molecule has 7 nitrogen and oxygen atoms in total. The number of nitrogens with one attached hydrogen (secondary N) is 1. The molecule has 0 aliphatic rings. The highest BCUT2D eigenvalue weighted by atomic mass is 32.2. The Kier molecular flexibility index (Phi) is 6.28. The van der Waals surface area contributed by atoms with Crippen molar-refractivity contribution in [1.29, 1.82) is 0 Å². The third-order valence-electron chi connectivity index (χ3n) is 4.66. The zero-order chi connectivity index (χ0) is 21.6. The van der Waals surface area contributed by atoms with E-state index in [1.54, 1.807) is 48.9 Å². The van der Waals surface area contributed by atoms with Gasteiger partial charge in [-0.2, -0.15) is 0 Å². The van der Waals surface area contributed by atoms with E-state index in [4.69, 9.17) is 4.74 Å². The number of nitrogens with zero attached hydrogens (tertiary/aromatic N) is 4. The van der Waals surface area contributed by atoms with Gasteiger partial charge in [0.1, 0.15) is 5.75 Å². The van der Waals surface area contributed by atoms with E-state index < -0.39 is 0 Å². The Hall–Kier alpha value is -3.65. The smallest absolute Gasteiger partial charge is 0.321 e. The summed E-state index contributed by atoms with van der Waals surface area (Å²) in [6.07, 6.45) is 6.88. The molecule has 0 bridgehead atoms. The summed E-state index contributed by atoms with van der Waals surface area (Å²) in [5.41, 5.74) is 4.16. The molecule has 4 rings (SSSR count). The number of carbonyl (C=O) groups excluding carboxylic acids is 1. The van der Waals surface area contributed by atoms with Gasteiger partial charge in [0, 0.05) is 30.5 Å². The lowest BCUT2D eigenvalue weighted by Gasteiger charge is -2.12. The molecule has 8 heteroatoms. The van der Waals surface area contributed by atoms with Gasteiger partial charge in [-0.05, 0) is 61.4 Å². The highest BCUT2D eigenvalue weighted by molar-refractivity contribution is 7.99. The molecule has 4 aromatic rings. The van der Waals surface area contributed by atoms with Crippen molar-refractivity contribution < 1.29 is 9.53 Å². The van der Waals surface area contributed by atoms with Crippen LogP contribution in [0.3, 0.4) is 0 Å². The Balaban J connectivity index is 1.35. The molecule has 156 valence electrons. The zero-order valence-corrected chi connectivity index (χ0v) is 18.0. The van der Waals surface area contributed by atoms with Crippen LogP contribution in [0.5, 0.6) is 11.8 Å². The van der Waals surface area contributed by atoms with Crippen LogP contribution in [0.1, 0.15) is 11.1 Å². The Morgan fingerprint density at radius 1 is 1.00 bits per heavy atom. The van der Waals surface area contributed by atoms with Crippen molar-refractivity contribution in [2.45, 2.75) is 19.0 Å². The molecule has 0 spiro atoms. The first-order chi connectivity index (χ1) is 15.1. The minimum atomic E-state index is -0.111. The van der Waals surface area contributed by atoms with Crippen molar-refractivity contribution in [3.05, 3.63) is 84.4 Å². The second kappa shape index (κ2) is 9.44. The van der Waals surface area contributed by atoms with Gasteiger partial charge < -0.3 is 10.1 Å². The number of hydrogen-bond acceptors (Lipinski definition) is 6. The number of ether oxygens (including phenoxy) is 1. The number of anilines is 1. The molecule has 0 fully saturated rings. The standard InChI is InChI=1S/C23H21N5O2S/c1-16-5-3-6-20(17(16)2)28-14-13-26-23(28)31-15-21(29)27-18-7-9-19(10-8-18)30-22-24-11-4-12-25-22/h3-14H,15H2,1-2H3,(H,27,29). The fourth-order valence-corrected chi connectivity index (χ4v) is 3.72. The molecular weight excluding hydrogens is 410 g/mol. The van der Waals surface area contributed by atoms with Gasteiger partial charge >= 0.3 is 6.01 Å². The number of amides is 1. The van der Waals surface area contributed by atoms with Crippen molar-refractivity contribution in [3.8, 4) is 17.4 Å². The second-order valence-electron chi connectivity index (χ2n) is 6.79. The minimum Gasteiger partial charge on any atom is -0.424 e. The summed E-state index contributed by atoms with van der Waals surface area (Å²) < 4.78 is 7.57. The highest BCUT2D eigenvalue weighted by Gasteiger charge is 2.12. The van der Waals surface area contributed by atoms with E-state index in [9.17, 15) is 4.79 Å². The minimum absolute atomic E-state index is 0.111. The van der Waals surface area contributed by atoms with Crippen LogP contribution in [-0.4, -0.2) is 31.2 Å². The monoisotopic (exact) mass is 431 g/mol. The summed E-state index contributed by atoms with van der Waals surface area (Å²) in [6, 6.07) is 15.2. The maximum absolute atomic E-state index is 12.4. The number of aryl methyl sites for hydroxylation is 1. The Bertz CT molecular complexity index is 1180. The number of hydrogen-bond donors (Lipinski definition) is 1. The Morgan fingerprint density at radius 3 is 2.55 bits per heavy atom. The van der Waals surface area contributed by atoms with E-state index in [2.05, 4.69) is 46.2 Å². The van der Waals surface area contributed by atoms with E-state index in [1.807, 2.05) is 16.8 Å². The quantitative estimate of drug-likeness (QED) is 0.423. The molecule has 0 unspecified atom stereocenters. The van der Waals surface area contributed by atoms with Crippen molar-refractivity contribution in [2.75, 3.05) is 11.1 Å². The average molecular weight is 432 g/mol. The highest BCUT2D eigenvalue weighted by Crippen LogP contribution is 2.25. The van der Waals surface area contributed by atoms with E-state index in [1.165, 1.54) is 22.9 Å². The van der Waals surface area contributed by atoms with Crippen LogP contribution in [0.2, 0.25) is 0 Å². The number of carbonyl (C=O) groups is 1. The van der Waals surface area contributed by atoms with Gasteiger partial charge in [0.2, 0.25) is 5.91 Å². The lowest BCUT2D eigenvalue weighted by molar-refractivity contribution is -0.113. The Morgan fingerprint density at radius 2 is 1.77 bits per heavy atom. The van der Waals surface area contributed by atoms with Crippen LogP contribution in [0.4, 0.5) is 5.69 Å². The summed E-state index contributed by atoms with van der Waals surface area (Å²) in [6.45, 7) is 4.17. The molecule has 2 aromatic carbocycles. The molecule has 0 radical (unpaired) electrons. The van der Waals surface area contributed by atoms with Gasteiger partial charge in [-0.15, -0.1) is 0 Å². The van der Waals surface area contributed by atoms with Crippen LogP contribution >= 0.6 is 11.8 Å². The van der Waals surface area contributed by atoms with Gasteiger partial charge in [0.15, 0.2) is 5.16 Å². The SMILES string of the molecule is Cc1cccc(-n2ccnc2SCC(=O)Nc2ccc(Oc3ncccn3)cc2)c1C. The second-order valence-corrected chi connectivity index (χ2v) is 7.74. The fourth-order valence-electron chi connectivity index (χ4n) is 2.95. The third-order valence-corrected chi connectivity index (χ3v) is 5.63. The van der Waals surface area contributed by atoms with Crippen LogP contribution in [0, 0.1) is 13.8 Å². The lowest BCUT2D eigenvalue weighted by Crippen LogP contribution is -2.14. The Labute approximate surface area is 184 Å². The van der Waals surface area contributed by atoms with Gasteiger partial charge in [0.05, 0.1) is 11.4 Å². The normalized spacial score (nSPS) is 10.6. The van der Waals surface area contributed by atoms with Gasteiger partial charge in [0.25, 0.3) is 0 Å². The van der Waals surface area contributed by atoms with E-state index in [0.29, 0.717) is 11.4 Å². The molecule has 0 aliphatic heterocycles. The first-order valence-corrected chi connectivity index (χ1v) is 10.7. The maximum Gasteiger partial charge on any atom is 0.321 e. The van der Waals surface area contributed by atoms with Crippen molar-refractivity contribution >= 4 is 23.4 Å². The molecule has 2 aromatic heterocycles. The third kappa shape index (κ3) is 5.10. The van der Waals surface area contributed by atoms with Crippen LogP contribution in [-0.2, 0) is 4.79 Å². The number of rotatable bonds is 7. The number of thioether (sulfide) groups is 1. The average Bonchev–Trinajstić information content (AvgIpc) is 3.25. The molecule has 1 N–H and O–H groups in total. The molecule has 0 atom stereocenters. The van der Waals surface area contributed by atoms with Crippen molar-refractivity contribution in [1.82, 2.24) is 19.5 Å². The number of benzene rings is 2. The predicted octanol–water partition coefficient (Wildman–Crippen LogP) is 4.80. The number of aromatic nitrogens is 4. The molecule has 2 heterocycles. The fraction of sp³-hybridized carbons (Fsp3) is 0.130. The van der Waals surface area contributed by atoms with Crippen molar-refractivity contribution in [3.63, 3.8) is 0 Å². The summed E-state index contributed by atoms with van der Waals surface area (Å²) in [4.78, 5) is 24.9. The van der Waals surface area contributed by atoms with E-state index in [0.717, 1.165) is 10.8 Å². The molecule has 0 aliphatic carbocycles. The van der Waals surface area contributed by atoms with E-state index >= 15 is 0 Å². The van der Waals surface area contributed by atoms with E-state index in [-0.39, 0.29) is 17.7 Å². The largest absolute Gasteiger partial charge is 0.424 e. The van der Waals surface area contributed by atoms with Gasteiger partial charge in [-0.1, -0.05) is 23.9 Å². The summed E-state index contributed by atoms with van der Waals surface area (Å²) in [7, 11) is 0. The summed E-state index contributed by atoms with van der Waals surface area (Å²) in [5, 5.41) is 3.67.